The standard InChI is InChI=1S/C43H78O10/c1-3-5-7-9-11-12-13-14-15-16-17-18-19-20-21-22-23-24-26-28-30-32-39(46)52-36(34-50-38(45)31-29-27-25-10-8-6-4-2)35-51-43-42(49)41(48)40(47)37(33-44)53-43/h13-14,16-17,36-37,40-44,47-49H,3-12,15,18-35H2,1-2H3/b14-13-,17-16-. The first kappa shape index (κ1) is 49.2. The molecule has 1 rings (SSSR count). The SMILES string of the molecule is CCCCCCC/C=C\C/C=C\CCCCCCCCCCCC(=O)OC(COC(=O)CCCCCCCCC)COC1OC(CO)C(O)C(O)C1O. The van der Waals surface area contributed by atoms with Gasteiger partial charge in [0.2, 0.25) is 0 Å². The van der Waals surface area contributed by atoms with E-state index in [4.69, 9.17) is 18.9 Å². The number of unbranched alkanes of at least 4 members (excludes halogenated alkanes) is 20. The predicted octanol–water partition coefficient (Wildman–Crippen LogP) is 8.55. The van der Waals surface area contributed by atoms with Gasteiger partial charge in [-0.05, 0) is 44.9 Å². The first-order valence-corrected chi connectivity index (χ1v) is 21.4. The number of rotatable bonds is 35. The summed E-state index contributed by atoms with van der Waals surface area (Å²) >= 11 is 0. The topological polar surface area (TPSA) is 152 Å². The van der Waals surface area contributed by atoms with Crippen LogP contribution in [0.25, 0.3) is 0 Å². The van der Waals surface area contributed by atoms with E-state index in [0.717, 1.165) is 57.8 Å². The zero-order valence-electron chi connectivity index (χ0n) is 33.5. The van der Waals surface area contributed by atoms with Crippen LogP contribution in [0.2, 0.25) is 0 Å². The number of hydrogen-bond acceptors (Lipinski definition) is 10. The fourth-order valence-corrected chi connectivity index (χ4v) is 6.39. The van der Waals surface area contributed by atoms with E-state index in [0.29, 0.717) is 6.42 Å². The number of esters is 2. The van der Waals surface area contributed by atoms with Crippen molar-refractivity contribution < 1.29 is 49.0 Å². The van der Waals surface area contributed by atoms with Crippen molar-refractivity contribution in [3.63, 3.8) is 0 Å². The molecule has 0 aromatic rings. The van der Waals surface area contributed by atoms with Crippen molar-refractivity contribution in [1.29, 1.82) is 0 Å². The van der Waals surface area contributed by atoms with Crippen molar-refractivity contribution in [2.45, 2.75) is 218 Å². The van der Waals surface area contributed by atoms with Gasteiger partial charge in [0.25, 0.3) is 0 Å². The van der Waals surface area contributed by atoms with Gasteiger partial charge in [-0.2, -0.15) is 0 Å². The Bertz CT molecular complexity index is 923. The number of hydrogen-bond donors (Lipinski definition) is 4. The second-order valence-electron chi connectivity index (χ2n) is 14.8. The Hall–Kier alpha value is -1.82. The van der Waals surface area contributed by atoms with Crippen LogP contribution in [0.15, 0.2) is 24.3 Å². The Morgan fingerprint density at radius 1 is 0.585 bits per heavy atom. The van der Waals surface area contributed by atoms with Crippen LogP contribution in [0.5, 0.6) is 0 Å². The molecular formula is C43H78O10. The molecule has 0 amide bonds. The highest BCUT2D eigenvalue weighted by Gasteiger charge is 2.44. The number of ether oxygens (including phenoxy) is 4. The van der Waals surface area contributed by atoms with Crippen LogP contribution in [-0.2, 0) is 28.5 Å². The van der Waals surface area contributed by atoms with E-state index in [1.165, 1.54) is 89.9 Å². The molecule has 4 N–H and O–H groups in total. The molecule has 10 nitrogen and oxygen atoms in total. The summed E-state index contributed by atoms with van der Waals surface area (Å²) in [4.78, 5) is 25.1. The molecule has 6 unspecified atom stereocenters. The van der Waals surface area contributed by atoms with Crippen LogP contribution in [0.3, 0.4) is 0 Å². The normalized spacial score (nSPS) is 21.1. The third kappa shape index (κ3) is 26.6. The first-order valence-electron chi connectivity index (χ1n) is 21.4. The van der Waals surface area contributed by atoms with Gasteiger partial charge in [0.05, 0.1) is 13.2 Å². The molecule has 1 fully saturated rings. The van der Waals surface area contributed by atoms with E-state index in [1.807, 2.05) is 0 Å². The van der Waals surface area contributed by atoms with E-state index >= 15 is 0 Å². The Labute approximate surface area is 322 Å². The van der Waals surface area contributed by atoms with E-state index in [1.54, 1.807) is 0 Å². The van der Waals surface area contributed by atoms with Crippen molar-refractivity contribution in [3.8, 4) is 0 Å². The quantitative estimate of drug-likeness (QED) is 0.0281. The lowest BCUT2D eigenvalue weighted by Crippen LogP contribution is -2.59. The second-order valence-corrected chi connectivity index (χ2v) is 14.8. The zero-order chi connectivity index (χ0) is 38.8. The van der Waals surface area contributed by atoms with Crippen molar-refractivity contribution in [3.05, 3.63) is 24.3 Å². The molecule has 0 aromatic heterocycles. The average Bonchev–Trinajstić information content (AvgIpc) is 3.15. The van der Waals surface area contributed by atoms with Crippen LogP contribution in [-0.4, -0.2) is 89.0 Å². The Kier molecular flexibility index (Phi) is 32.2. The minimum absolute atomic E-state index is 0.217. The van der Waals surface area contributed by atoms with Gasteiger partial charge in [0, 0.05) is 12.8 Å². The van der Waals surface area contributed by atoms with E-state index in [9.17, 15) is 30.0 Å². The monoisotopic (exact) mass is 755 g/mol. The van der Waals surface area contributed by atoms with Crippen LogP contribution in [0.4, 0.5) is 0 Å². The number of allylic oxidation sites excluding steroid dienone is 4. The molecule has 0 radical (unpaired) electrons. The molecule has 0 bridgehead atoms. The lowest BCUT2D eigenvalue weighted by Gasteiger charge is -2.39. The third-order valence-electron chi connectivity index (χ3n) is 9.84. The summed E-state index contributed by atoms with van der Waals surface area (Å²) in [6.07, 6.45) is 29.2. The van der Waals surface area contributed by atoms with Crippen molar-refractivity contribution in [2.75, 3.05) is 19.8 Å². The fraction of sp³-hybridized carbons (Fsp3) is 0.860. The maximum Gasteiger partial charge on any atom is 0.306 e. The zero-order valence-corrected chi connectivity index (χ0v) is 33.5. The molecule has 1 saturated heterocycles. The third-order valence-corrected chi connectivity index (χ3v) is 9.84. The van der Waals surface area contributed by atoms with Crippen LogP contribution in [0.1, 0.15) is 181 Å². The van der Waals surface area contributed by atoms with Crippen molar-refractivity contribution in [1.82, 2.24) is 0 Å². The maximum absolute atomic E-state index is 12.7. The van der Waals surface area contributed by atoms with Crippen LogP contribution in [0, 0.1) is 0 Å². The van der Waals surface area contributed by atoms with Gasteiger partial charge in [0.15, 0.2) is 12.4 Å². The largest absolute Gasteiger partial charge is 0.462 e. The molecule has 1 heterocycles. The number of aliphatic hydroxyl groups excluding tert-OH is 4. The van der Waals surface area contributed by atoms with E-state index in [-0.39, 0.29) is 32.0 Å². The van der Waals surface area contributed by atoms with Crippen LogP contribution < -0.4 is 0 Å². The molecule has 6 atom stereocenters. The highest BCUT2D eigenvalue weighted by atomic mass is 16.7. The van der Waals surface area contributed by atoms with Gasteiger partial charge in [-0.15, -0.1) is 0 Å². The Balaban J connectivity index is 2.27. The van der Waals surface area contributed by atoms with Gasteiger partial charge in [0.1, 0.15) is 31.0 Å². The minimum Gasteiger partial charge on any atom is -0.462 e. The van der Waals surface area contributed by atoms with Crippen molar-refractivity contribution in [2.24, 2.45) is 0 Å². The number of carbonyl (C=O) groups is 2. The summed E-state index contributed by atoms with van der Waals surface area (Å²) < 4.78 is 22.0. The smallest absolute Gasteiger partial charge is 0.306 e. The highest BCUT2D eigenvalue weighted by Crippen LogP contribution is 2.22. The van der Waals surface area contributed by atoms with Gasteiger partial charge in [-0.1, -0.05) is 147 Å². The molecule has 0 aromatic carbocycles. The molecule has 53 heavy (non-hydrogen) atoms. The predicted molar refractivity (Wildman–Crippen MR) is 210 cm³/mol. The molecule has 10 heteroatoms. The first-order chi connectivity index (χ1) is 25.8. The summed E-state index contributed by atoms with van der Waals surface area (Å²) in [5.74, 6) is -0.815. The fourth-order valence-electron chi connectivity index (χ4n) is 6.39. The van der Waals surface area contributed by atoms with Gasteiger partial charge < -0.3 is 39.4 Å². The van der Waals surface area contributed by atoms with E-state index in [2.05, 4.69) is 38.2 Å². The van der Waals surface area contributed by atoms with Crippen LogP contribution >= 0.6 is 0 Å². The Morgan fingerprint density at radius 2 is 1.06 bits per heavy atom. The number of carbonyl (C=O) groups excluding carboxylic acids is 2. The molecule has 310 valence electrons. The molecular weight excluding hydrogens is 676 g/mol. The summed E-state index contributed by atoms with van der Waals surface area (Å²) in [6.45, 7) is 3.35. The van der Waals surface area contributed by atoms with E-state index < -0.39 is 49.4 Å². The molecule has 0 saturated carbocycles. The second kappa shape index (κ2) is 34.7. The average molecular weight is 755 g/mol. The molecule has 0 spiro atoms. The van der Waals surface area contributed by atoms with Gasteiger partial charge in [-0.25, -0.2) is 0 Å². The maximum atomic E-state index is 12.7. The number of aliphatic hydroxyl groups is 4. The summed E-state index contributed by atoms with van der Waals surface area (Å²) in [5, 5.41) is 39.9. The minimum atomic E-state index is -1.59. The van der Waals surface area contributed by atoms with Gasteiger partial charge >= 0.3 is 11.9 Å². The Morgan fingerprint density at radius 3 is 1.57 bits per heavy atom. The molecule has 1 aliphatic heterocycles. The molecule has 0 aliphatic carbocycles. The lowest BCUT2D eigenvalue weighted by atomic mass is 9.99. The summed E-state index contributed by atoms with van der Waals surface area (Å²) in [7, 11) is 0. The summed E-state index contributed by atoms with van der Waals surface area (Å²) in [6, 6.07) is 0. The molecule has 1 aliphatic rings. The van der Waals surface area contributed by atoms with Crippen molar-refractivity contribution >= 4 is 11.9 Å². The highest BCUT2D eigenvalue weighted by molar-refractivity contribution is 5.70. The lowest BCUT2D eigenvalue weighted by molar-refractivity contribution is -0.305. The van der Waals surface area contributed by atoms with Gasteiger partial charge in [-0.3, -0.25) is 9.59 Å². The summed E-state index contributed by atoms with van der Waals surface area (Å²) in [5.41, 5.74) is 0.